The van der Waals surface area contributed by atoms with Crippen molar-refractivity contribution in [2.45, 2.75) is 84.6 Å². The van der Waals surface area contributed by atoms with E-state index >= 15 is 0 Å². The lowest BCUT2D eigenvalue weighted by atomic mass is 9.86. The average molecular weight is 346 g/mol. The van der Waals surface area contributed by atoms with E-state index in [1.165, 1.54) is 36.8 Å². The molecule has 1 saturated carbocycles. The molecule has 1 aromatic carbocycles. The number of rotatable bonds is 5. The summed E-state index contributed by atoms with van der Waals surface area (Å²) in [4.78, 5) is 5.24. The maximum absolute atomic E-state index is 5.24. The molecule has 0 aliphatic heterocycles. The highest BCUT2D eigenvalue weighted by Crippen LogP contribution is 2.42. The Morgan fingerprint density at radius 2 is 1.62 bits per heavy atom. The summed E-state index contributed by atoms with van der Waals surface area (Å²) in [5, 5.41) is 3.87. The molecule has 2 nitrogen and oxygen atoms in total. The van der Waals surface area contributed by atoms with Crippen molar-refractivity contribution in [2.75, 3.05) is 0 Å². The van der Waals surface area contributed by atoms with Crippen LogP contribution in [0, 0.1) is 12.8 Å². The minimum Gasteiger partial charge on any atom is -0.348 e. The Kier molecular flexibility index (Phi) is 7.29. The van der Waals surface area contributed by atoms with Crippen molar-refractivity contribution in [3.63, 3.8) is 0 Å². The summed E-state index contributed by atoms with van der Waals surface area (Å²) < 4.78 is 0. The fourth-order valence-corrected chi connectivity index (χ4v) is 5.65. The van der Waals surface area contributed by atoms with E-state index in [4.69, 9.17) is 4.99 Å². The molecule has 24 heavy (non-hydrogen) atoms. The zero-order chi connectivity index (χ0) is 17.7. The van der Waals surface area contributed by atoms with Crippen molar-refractivity contribution < 1.29 is 0 Å². The summed E-state index contributed by atoms with van der Waals surface area (Å²) in [6.07, 6.45) is 5.24. The first-order valence-electron chi connectivity index (χ1n) is 9.58. The molecule has 1 aliphatic carbocycles. The summed E-state index contributed by atoms with van der Waals surface area (Å²) >= 11 is 0. The molecule has 3 heteroatoms. The Bertz CT molecular complexity index is 525. The molecule has 2 atom stereocenters. The molecule has 134 valence electrons. The van der Waals surface area contributed by atoms with Gasteiger partial charge in [-0.3, -0.25) is 4.99 Å². The zero-order valence-electron chi connectivity index (χ0n) is 16.3. The second kappa shape index (κ2) is 8.99. The van der Waals surface area contributed by atoms with Gasteiger partial charge in [0.25, 0.3) is 0 Å². The van der Waals surface area contributed by atoms with Gasteiger partial charge in [-0.05, 0) is 45.1 Å². The van der Waals surface area contributed by atoms with Crippen molar-refractivity contribution in [1.82, 2.24) is 5.09 Å². The molecule has 0 spiro atoms. The maximum Gasteiger partial charge on any atom is 0.131 e. The third kappa shape index (κ3) is 5.31. The Balaban J connectivity index is 2.31. The Morgan fingerprint density at radius 3 is 2.17 bits per heavy atom. The quantitative estimate of drug-likeness (QED) is 0.387. The molecular formula is C21H35N2P. The molecule has 0 bridgehead atoms. The number of nitrogens with one attached hydrogen (secondary N) is 1. The smallest absolute Gasteiger partial charge is 0.131 e. The van der Waals surface area contributed by atoms with E-state index in [1.54, 1.807) is 0 Å². The third-order valence-electron chi connectivity index (χ3n) is 5.03. The lowest BCUT2D eigenvalue weighted by molar-refractivity contribution is 0.333. The highest BCUT2D eigenvalue weighted by Gasteiger charge is 2.24. The van der Waals surface area contributed by atoms with Crippen molar-refractivity contribution in [3.05, 3.63) is 35.4 Å². The zero-order valence-corrected chi connectivity index (χ0v) is 17.2. The van der Waals surface area contributed by atoms with E-state index in [-0.39, 0.29) is 8.07 Å². The van der Waals surface area contributed by atoms with Gasteiger partial charge in [0.2, 0.25) is 0 Å². The number of benzene rings is 1. The fraction of sp³-hybridized carbons (Fsp3) is 0.667. The van der Waals surface area contributed by atoms with Crippen LogP contribution in [-0.2, 0) is 0 Å². The van der Waals surface area contributed by atoms with Crippen molar-refractivity contribution >= 4 is 13.9 Å². The van der Waals surface area contributed by atoms with Crippen molar-refractivity contribution in [2.24, 2.45) is 10.9 Å². The normalized spacial score (nSPS) is 22.5. The topological polar surface area (TPSA) is 24.4 Å². The summed E-state index contributed by atoms with van der Waals surface area (Å²) in [7, 11) is -0.271. The number of nitrogens with zero attached hydrogens (tertiary/aromatic N) is 1. The Morgan fingerprint density at radius 1 is 1.04 bits per heavy atom. The predicted octanol–water partition coefficient (Wildman–Crippen LogP) is 6.12. The predicted molar refractivity (Wildman–Crippen MR) is 109 cm³/mol. The molecule has 1 N–H and O–H groups in total. The largest absolute Gasteiger partial charge is 0.348 e. The van der Waals surface area contributed by atoms with Crippen molar-refractivity contribution in [3.8, 4) is 0 Å². The van der Waals surface area contributed by atoms with Crippen LogP contribution in [0.1, 0.15) is 71.4 Å². The molecule has 1 aromatic rings. The molecule has 0 radical (unpaired) electrons. The molecule has 1 aliphatic rings. The second-order valence-electron chi connectivity index (χ2n) is 7.88. The average Bonchev–Trinajstić information content (AvgIpc) is 2.53. The number of hydrogen-bond acceptors (Lipinski definition) is 1. The molecule has 0 aromatic heterocycles. The molecular weight excluding hydrogens is 311 g/mol. The van der Waals surface area contributed by atoms with Gasteiger partial charge in [0.05, 0.1) is 6.04 Å². The number of aliphatic imine (C=N–C) groups is 1. The molecule has 1 fully saturated rings. The lowest BCUT2D eigenvalue weighted by Crippen LogP contribution is -2.30. The van der Waals surface area contributed by atoms with Gasteiger partial charge >= 0.3 is 0 Å². The summed E-state index contributed by atoms with van der Waals surface area (Å²) in [5.74, 6) is 1.83. The van der Waals surface area contributed by atoms with Crippen LogP contribution in [0.5, 0.6) is 0 Å². The van der Waals surface area contributed by atoms with Crippen LogP contribution in [0.2, 0.25) is 0 Å². The van der Waals surface area contributed by atoms with Crippen LogP contribution in [0.25, 0.3) is 0 Å². The van der Waals surface area contributed by atoms with E-state index in [0.717, 1.165) is 5.84 Å². The van der Waals surface area contributed by atoms with Crippen LogP contribution in [0.4, 0.5) is 0 Å². The second-order valence-corrected chi connectivity index (χ2v) is 11.0. The number of aryl methyl sites for hydroxylation is 1. The van der Waals surface area contributed by atoms with Gasteiger partial charge in [0.1, 0.15) is 5.84 Å². The fourth-order valence-electron chi connectivity index (χ4n) is 3.51. The standard InChI is InChI=1S/C21H35N2P/c1-15(2)24(16(3)4)23-21(19-13-11-17(5)12-14-19)22-20-10-8-7-9-18(20)6/h11-16,18,20H,7-10H2,1-6H3,(H,22,23). The van der Waals surface area contributed by atoms with Gasteiger partial charge in [0.15, 0.2) is 0 Å². The van der Waals surface area contributed by atoms with Gasteiger partial charge in [-0.1, -0.05) is 77.3 Å². The van der Waals surface area contributed by atoms with Gasteiger partial charge in [0, 0.05) is 5.56 Å². The van der Waals surface area contributed by atoms with Crippen molar-refractivity contribution in [1.29, 1.82) is 0 Å². The van der Waals surface area contributed by atoms with E-state index in [1.807, 2.05) is 0 Å². The number of hydrogen-bond donors (Lipinski definition) is 1. The molecule has 0 heterocycles. The minimum absolute atomic E-state index is 0.271. The van der Waals surface area contributed by atoms with E-state index in [2.05, 4.69) is 70.9 Å². The molecule has 2 rings (SSSR count). The SMILES string of the molecule is Cc1ccc(C(=NC2CCCCC2C)NP(C(C)C)C(C)C)cc1. The summed E-state index contributed by atoms with van der Waals surface area (Å²) in [6, 6.07) is 9.32. The Labute approximate surface area is 150 Å². The first-order valence-corrected chi connectivity index (χ1v) is 11.1. The summed E-state index contributed by atoms with van der Waals surface area (Å²) in [6.45, 7) is 13.8. The van der Waals surface area contributed by atoms with Crippen LogP contribution >= 0.6 is 8.07 Å². The highest BCUT2D eigenvalue weighted by atomic mass is 31.1. The van der Waals surface area contributed by atoms with Gasteiger partial charge in [-0.25, -0.2) is 0 Å². The van der Waals surface area contributed by atoms with Crippen LogP contribution in [0.3, 0.4) is 0 Å². The first-order chi connectivity index (χ1) is 11.4. The van der Waals surface area contributed by atoms with E-state index < -0.39 is 0 Å². The minimum atomic E-state index is -0.271. The first kappa shape index (κ1) is 19.4. The highest BCUT2D eigenvalue weighted by molar-refractivity contribution is 7.57. The van der Waals surface area contributed by atoms with Gasteiger partial charge in [-0.15, -0.1) is 0 Å². The van der Waals surface area contributed by atoms with Crippen LogP contribution in [0.15, 0.2) is 29.3 Å². The lowest BCUT2D eigenvalue weighted by Gasteiger charge is -2.31. The van der Waals surface area contributed by atoms with Crippen LogP contribution in [-0.4, -0.2) is 23.2 Å². The van der Waals surface area contributed by atoms with Gasteiger partial charge in [-0.2, -0.15) is 0 Å². The molecule has 0 saturated heterocycles. The summed E-state index contributed by atoms with van der Waals surface area (Å²) in [5.41, 5.74) is 3.85. The molecule has 0 amide bonds. The van der Waals surface area contributed by atoms with Crippen LogP contribution < -0.4 is 5.09 Å². The third-order valence-corrected chi connectivity index (χ3v) is 7.73. The van der Waals surface area contributed by atoms with E-state index in [0.29, 0.717) is 23.3 Å². The Hall–Kier alpha value is -0.880. The monoisotopic (exact) mass is 346 g/mol. The maximum atomic E-state index is 5.24. The van der Waals surface area contributed by atoms with Gasteiger partial charge < -0.3 is 5.09 Å². The van der Waals surface area contributed by atoms with E-state index in [9.17, 15) is 0 Å². The molecule has 2 unspecified atom stereocenters. The number of amidine groups is 1.